The molecular weight excluding hydrogens is 420 g/mol. The molecule has 1 unspecified atom stereocenters. The number of hydrogen-bond acceptors (Lipinski definition) is 6. The molecule has 2 aliphatic rings. The molecule has 1 aromatic heterocycles. The van der Waals surface area contributed by atoms with E-state index in [0.29, 0.717) is 29.9 Å². The molecule has 1 saturated carbocycles. The number of carbonyl (C=O) groups excluding carboxylic acids is 2. The number of carbonyl (C=O) groups is 2. The Hall–Kier alpha value is -3.33. The van der Waals surface area contributed by atoms with Crippen molar-refractivity contribution in [3.05, 3.63) is 59.4 Å². The summed E-state index contributed by atoms with van der Waals surface area (Å²) in [5, 5.41) is 3.67. The van der Waals surface area contributed by atoms with Crippen molar-refractivity contribution < 1.29 is 27.2 Å². The average molecular weight is 440 g/mol. The summed E-state index contributed by atoms with van der Waals surface area (Å²) in [6, 6.07) is 10.7. The van der Waals surface area contributed by atoms with E-state index in [4.69, 9.17) is 9.15 Å². The minimum Gasteiger partial charge on any atom is -0.493 e. The van der Waals surface area contributed by atoms with E-state index in [1.54, 1.807) is 20.1 Å². The van der Waals surface area contributed by atoms with Gasteiger partial charge in [0.25, 0.3) is 21.8 Å². The number of rotatable bonds is 5. The highest BCUT2D eigenvalue weighted by Gasteiger charge is 2.48. The van der Waals surface area contributed by atoms with Crippen LogP contribution in [0.2, 0.25) is 0 Å². The van der Waals surface area contributed by atoms with Crippen molar-refractivity contribution in [1.82, 2.24) is 9.62 Å². The number of amides is 2. The van der Waals surface area contributed by atoms with Crippen molar-refractivity contribution in [2.45, 2.75) is 36.7 Å². The highest BCUT2D eigenvalue weighted by Crippen LogP contribution is 2.39. The molecule has 1 N–H and O–H groups in total. The number of fused-ring (bicyclic) bond motifs is 2. The van der Waals surface area contributed by atoms with E-state index >= 15 is 0 Å². The Kier molecular flexibility index (Phi) is 4.33. The van der Waals surface area contributed by atoms with Crippen LogP contribution < -0.4 is 10.1 Å². The quantitative estimate of drug-likeness (QED) is 0.653. The van der Waals surface area contributed by atoms with Crippen LogP contribution in [0.1, 0.15) is 52.3 Å². The SMILES string of the molecule is COc1cccc2cc(C(C)NC(=O)c3ccc4c(c3)S(=O)(=O)N(C3CC3)C4=O)oc12. The first kappa shape index (κ1) is 19.6. The van der Waals surface area contributed by atoms with Gasteiger partial charge < -0.3 is 14.5 Å². The van der Waals surface area contributed by atoms with Gasteiger partial charge in [0.2, 0.25) is 0 Å². The fourth-order valence-electron chi connectivity index (χ4n) is 3.84. The summed E-state index contributed by atoms with van der Waals surface area (Å²) in [4.78, 5) is 25.2. The number of methoxy groups -OCH3 is 1. The van der Waals surface area contributed by atoms with Crippen molar-refractivity contribution in [2.24, 2.45) is 0 Å². The Labute approximate surface area is 178 Å². The largest absolute Gasteiger partial charge is 0.493 e. The molecule has 0 spiro atoms. The molecule has 3 aromatic rings. The molecule has 2 heterocycles. The predicted molar refractivity (Wildman–Crippen MR) is 111 cm³/mol. The van der Waals surface area contributed by atoms with Gasteiger partial charge in [-0.1, -0.05) is 12.1 Å². The number of sulfonamides is 1. The van der Waals surface area contributed by atoms with Gasteiger partial charge in [-0.15, -0.1) is 0 Å². The van der Waals surface area contributed by atoms with Crippen LogP contribution in [0.4, 0.5) is 0 Å². The lowest BCUT2D eigenvalue weighted by molar-refractivity contribution is 0.0863. The van der Waals surface area contributed by atoms with Crippen LogP contribution in [-0.2, 0) is 10.0 Å². The van der Waals surface area contributed by atoms with E-state index < -0.39 is 27.9 Å². The number of nitrogens with zero attached hydrogens (tertiary/aromatic N) is 1. The third-order valence-electron chi connectivity index (χ3n) is 5.61. The lowest BCUT2D eigenvalue weighted by Gasteiger charge is -2.13. The fourth-order valence-corrected chi connectivity index (χ4v) is 5.68. The van der Waals surface area contributed by atoms with Crippen LogP contribution in [0.3, 0.4) is 0 Å². The molecule has 5 rings (SSSR count). The average Bonchev–Trinajstić information content (AvgIpc) is 3.43. The summed E-state index contributed by atoms with van der Waals surface area (Å²) in [6.07, 6.45) is 1.35. The molecule has 2 aromatic carbocycles. The van der Waals surface area contributed by atoms with Crippen LogP contribution in [0.25, 0.3) is 11.0 Å². The topological polar surface area (TPSA) is 106 Å². The molecule has 0 bridgehead atoms. The molecule has 1 atom stereocenters. The lowest BCUT2D eigenvalue weighted by atomic mass is 10.1. The third kappa shape index (κ3) is 3.07. The third-order valence-corrected chi connectivity index (χ3v) is 7.49. The zero-order valence-corrected chi connectivity index (χ0v) is 17.7. The van der Waals surface area contributed by atoms with Gasteiger partial charge in [-0.3, -0.25) is 9.59 Å². The van der Waals surface area contributed by atoms with Crippen molar-refractivity contribution in [3.8, 4) is 5.75 Å². The Morgan fingerprint density at radius 2 is 2.00 bits per heavy atom. The first-order chi connectivity index (χ1) is 14.8. The van der Waals surface area contributed by atoms with E-state index in [2.05, 4.69) is 5.32 Å². The van der Waals surface area contributed by atoms with Gasteiger partial charge in [-0.25, -0.2) is 12.7 Å². The summed E-state index contributed by atoms with van der Waals surface area (Å²) >= 11 is 0. The van der Waals surface area contributed by atoms with Crippen molar-refractivity contribution in [1.29, 1.82) is 0 Å². The van der Waals surface area contributed by atoms with Crippen molar-refractivity contribution in [2.75, 3.05) is 7.11 Å². The van der Waals surface area contributed by atoms with Crippen LogP contribution >= 0.6 is 0 Å². The standard InChI is InChI=1S/C22H20N2O6S/c1-12(18-10-13-4-3-5-17(29-2)20(13)30-18)23-21(25)14-6-9-16-19(11-14)31(27,28)24(22(16)26)15-7-8-15/h3-6,9-12,15H,7-8H2,1-2H3,(H,23,25). The molecule has 0 radical (unpaired) electrons. The number of para-hydroxylation sites is 1. The van der Waals surface area contributed by atoms with Gasteiger partial charge in [0.15, 0.2) is 11.3 Å². The molecule has 0 saturated heterocycles. The maximum Gasteiger partial charge on any atom is 0.269 e. The Bertz CT molecular complexity index is 1340. The maximum absolute atomic E-state index is 12.8. The first-order valence-corrected chi connectivity index (χ1v) is 11.4. The monoisotopic (exact) mass is 440 g/mol. The van der Waals surface area contributed by atoms with Gasteiger partial charge in [0.1, 0.15) is 10.7 Å². The molecule has 9 heteroatoms. The van der Waals surface area contributed by atoms with E-state index in [-0.39, 0.29) is 22.1 Å². The predicted octanol–water partition coefficient (Wildman–Crippen LogP) is 3.24. The number of nitrogens with one attached hydrogen (secondary N) is 1. The Morgan fingerprint density at radius 1 is 1.23 bits per heavy atom. The first-order valence-electron chi connectivity index (χ1n) is 9.91. The van der Waals surface area contributed by atoms with Crippen LogP contribution in [0.5, 0.6) is 5.75 Å². The fraction of sp³-hybridized carbons (Fsp3) is 0.273. The summed E-state index contributed by atoms with van der Waals surface area (Å²) in [5.41, 5.74) is 0.859. The molecule has 2 amide bonds. The minimum atomic E-state index is -3.92. The highest BCUT2D eigenvalue weighted by atomic mass is 32.2. The second-order valence-corrected chi connectivity index (χ2v) is 9.55. The van der Waals surface area contributed by atoms with Gasteiger partial charge in [0, 0.05) is 17.0 Å². The molecule has 1 aliphatic heterocycles. The van der Waals surface area contributed by atoms with Crippen LogP contribution in [0, 0.1) is 0 Å². The van der Waals surface area contributed by atoms with Crippen LogP contribution in [0.15, 0.2) is 51.8 Å². The summed E-state index contributed by atoms with van der Waals surface area (Å²) in [6.45, 7) is 1.77. The van der Waals surface area contributed by atoms with Gasteiger partial charge in [0.05, 0.1) is 18.7 Å². The van der Waals surface area contributed by atoms with Crippen LogP contribution in [-0.4, -0.2) is 37.7 Å². The zero-order chi connectivity index (χ0) is 21.9. The molecule has 31 heavy (non-hydrogen) atoms. The number of hydrogen-bond donors (Lipinski definition) is 1. The van der Waals surface area contributed by atoms with E-state index in [0.717, 1.165) is 9.69 Å². The highest BCUT2D eigenvalue weighted by molar-refractivity contribution is 7.90. The number of ether oxygens (including phenoxy) is 1. The van der Waals surface area contributed by atoms with E-state index in [1.807, 2.05) is 18.2 Å². The molecule has 1 aliphatic carbocycles. The second kappa shape index (κ2) is 6.84. The number of furan rings is 1. The zero-order valence-electron chi connectivity index (χ0n) is 16.9. The smallest absolute Gasteiger partial charge is 0.269 e. The Balaban J connectivity index is 1.41. The van der Waals surface area contributed by atoms with Gasteiger partial charge in [-0.2, -0.15) is 0 Å². The van der Waals surface area contributed by atoms with Gasteiger partial charge >= 0.3 is 0 Å². The van der Waals surface area contributed by atoms with Crippen molar-refractivity contribution in [3.63, 3.8) is 0 Å². The molecule has 1 fully saturated rings. The Morgan fingerprint density at radius 3 is 2.71 bits per heavy atom. The maximum atomic E-state index is 12.8. The second-order valence-electron chi connectivity index (χ2n) is 7.77. The van der Waals surface area contributed by atoms with E-state index in [1.165, 1.54) is 18.2 Å². The number of benzene rings is 2. The minimum absolute atomic E-state index is 0.112. The normalized spacial score (nSPS) is 18.1. The van der Waals surface area contributed by atoms with Crippen molar-refractivity contribution >= 4 is 32.8 Å². The van der Waals surface area contributed by atoms with E-state index in [9.17, 15) is 18.0 Å². The summed E-state index contributed by atoms with van der Waals surface area (Å²) in [7, 11) is -2.37. The summed E-state index contributed by atoms with van der Waals surface area (Å²) in [5.74, 6) is 0.150. The lowest BCUT2D eigenvalue weighted by Crippen LogP contribution is -2.32. The molecule has 8 nitrogen and oxygen atoms in total. The molecule has 160 valence electrons. The molecular formula is C22H20N2O6S. The van der Waals surface area contributed by atoms with Gasteiger partial charge in [-0.05, 0) is 50.1 Å². The summed E-state index contributed by atoms with van der Waals surface area (Å²) < 4.78 is 37.7.